The van der Waals surface area contributed by atoms with Gasteiger partial charge in [-0.1, -0.05) is 30.3 Å². The number of carbonyl (C=O) groups excluding carboxylic acids is 1. The number of carbonyl (C=O) groups is 1. The Bertz CT molecular complexity index is 885. The van der Waals surface area contributed by atoms with Gasteiger partial charge in [-0.15, -0.1) is 11.3 Å². The summed E-state index contributed by atoms with van der Waals surface area (Å²) >= 11 is 1.50. The number of H-pyrrole nitrogens is 1. The molecule has 1 aromatic carbocycles. The van der Waals surface area contributed by atoms with Crippen LogP contribution >= 0.6 is 11.3 Å². The van der Waals surface area contributed by atoms with Gasteiger partial charge in [0, 0.05) is 35.6 Å². The van der Waals surface area contributed by atoms with Gasteiger partial charge in [0.05, 0.1) is 12.8 Å². The summed E-state index contributed by atoms with van der Waals surface area (Å²) in [5.41, 5.74) is 3.32. The van der Waals surface area contributed by atoms with Crippen molar-refractivity contribution in [1.82, 2.24) is 15.1 Å². The minimum Gasteiger partial charge on any atom is -0.492 e. The van der Waals surface area contributed by atoms with Gasteiger partial charge >= 0.3 is 0 Å². The van der Waals surface area contributed by atoms with Gasteiger partial charge in [-0.25, -0.2) is 0 Å². The van der Waals surface area contributed by atoms with Crippen molar-refractivity contribution in [1.29, 1.82) is 0 Å². The van der Waals surface area contributed by atoms with E-state index in [0.29, 0.717) is 30.3 Å². The second kappa shape index (κ2) is 6.72. The van der Waals surface area contributed by atoms with Gasteiger partial charge in [-0.2, -0.15) is 5.10 Å². The van der Waals surface area contributed by atoms with Crippen LogP contribution in [-0.2, 0) is 13.0 Å². The summed E-state index contributed by atoms with van der Waals surface area (Å²) in [5.74, 6) is 0.705. The topological polar surface area (TPSA) is 58.2 Å². The Morgan fingerprint density at radius 3 is 3.00 bits per heavy atom. The standard InChI is InChI=1S/C19H19N3O2S/c1-2-24-16-10-17(13-6-4-3-5-7-13)25-18(16)19(23)22-9-8-15-14(12-22)11-20-21-15/h3-7,10-11H,2,8-9,12H2,1H3,(H,20,21). The first kappa shape index (κ1) is 15.9. The quantitative estimate of drug-likeness (QED) is 0.777. The van der Waals surface area contributed by atoms with Crippen LogP contribution in [0.15, 0.2) is 42.6 Å². The Balaban J connectivity index is 1.65. The molecule has 6 heteroatoms. The van der Waals surface area contributed by atoms with Crippen LogP contribution in [0.4, 0.5) is 0 Å². The molecule has 1 aliphatic rings. The molecule has 4 rings (SSSR count). The SMILES string of the molecule is CCOc1cc(-c2ccccc2)sc1C(=O)N1CCc2[nH]ncc2C1. The fraction of sp³-hybridized carbons (Fsp3) is 0.263. The van der Waals surface area contributed by atoms with Crippen molar-refractivity contribution in [2.24, 2.45) is 0 Å². The third kappa shape index (κ3) is 3.05. The van der Waals surface area contributed by atoms with Crippen LogP contribution in [0.2, 0.25) is 0 Å². The third-order valence-electron chi connectivity index (χ3n) is 4.34. The number of hydrogen-bond acceptors (Lipinski definition) is 4. The van der Waals surface area contributed by atoms with Crippen LogP contribution in [0.5, 0.6) is 5.75 Å². The van der Waals surface area contributed by atoms with Crippen molar-refractivity contribution in [2.75, 3.05) is 13.2 Å². The van der Waals surface area contributed by atoms with E-state index in [1.165, 1.54) is 11.3 Å². The number of nitrogens with zero attached hydrogens (tertiary/aromatic N) is 2. The highest BCUT2D eigenvalue weighted by atomic mass is 32.1. The van der Waals surface area contributed by atoms with Crippen LogP contribution in [0.1, 0.15) is 27.9 Å². The van der Waals surface area contributed by atoms with Crippen molar-refractivity contribution in [2.45, 2.75) is 19.9 Å². The van der Waals surface area contributed by atoms with Crippen molar-refractivity contribution in [3.05, 3.63) is 58.7 Å². The number of hydrogen-bond donors (Lipinski definition) is 1. The van der Waals surface area contributed by atoms with Crippen molar-refractivity contribution in [3.8, 4) is 16.2 Å². The van der Waals surface area contributed by atoms with Crippen LogP contribution in [0.3, 0.4) is 0 Å². The number of ether oxygens (including phenoxy) is 1. The van der Waals surface area contributed by atoms with E-state index in [1.807, 2.05) is 42.3 Å². The molecule has 3 aromatic rings. The molecule has 1 amide bonds. The largest absolute Gasteiger partial charge is 0.492 e. The van der Waals surface area contributed by atoms with Crippen LogP contribution < -0.4 is 4.74 Å². The monoisotopic (exact) mass is 353 g/mol. The van der Waals surface area contributed by atoms with Crippen molar-refractivity contribution < 1.29 is 9.53 Å². The lowest BCUT2D eigenvalue weighted by atomic mass is 10.1. The number of rotatable bonds is 4. The fourth-order valence-corrected chi connectivity index (χ4v) is 4.14. The molecule has 25 heavy (non-hydrogen) atoms. The number of aromatic nitrogens is 2. The zero-order valence-corrected chi connectivity index (χ0v) is 14.8. The molecule has 1 N–H and O–H groups in total. The number of aromatic amines is 1. The van der Waals surface area contributed by atoms with Gasteiger partial charge in [-0.05, 0) is 18.6 Å². The summed E-state index contributed by atoms with van der Waals surface area (Å²) < 4.78 is 5.75. The van der Waals surface area contributed by atoms with Gasteiger partial charge in [0.15, 0.2) is 0 Å². The number of nitrogens with one attached hydrogen (secondary N) is 1. The average molecular weight is 353 g/mol. The lowest BCUT2D eigenvalue weighted by Crippen LogP contribution is -2.35. The maximum Gasteiger partial charge on any atom is 0.268 e. The summed E-state index contributed by atoms with van der Waals surface area (Å²) in [6, 6.07) is 12.1. The molecule has 0 fully saturated rings. The zero-order chi connectivity index (χ0) is 17.2. The highest BCUT2D eigenvalue weighted by molar-refractivity contribution is 7.17. The lowest BCUT2D eigenvalue weighted by molar-refractivity contribution is 0.0735. The van der Waals surface area contributed by atoms with Crippen LogP contribution in [0.25, 0.3) is 10.4 Å². The van der Waals surface area contributed by atoms with E-state index < -0.39 is 0 Å². The molecule has 1 aliphatic heterocycles. The van der Waals surface area contributed by atoms with Crippen LogP contribution in [0, 0.1) is 0 Å². The minimum atomic E-state index is 0.0301. The molecule has 0 unspecified atom stereocenters. The number of amides is 1. The fourth-order valence-electron chi connectivity index (χ4n) is 3.07. The van der Waals surface area contributed by atoms with Gasteiger partial charge < -0.3 is 9.64 Å². The summed E-state index contributed by atoms with van der Waals surface area (Å²) in [6.45, 7) is 3.76. The molecule has 5 nitrogen and oxygen atoms in total. The predicted octanol–water partition coefficient (Wildman–Crippen LogP) is 3.74. The lowest BCUT2D eigenvalue weighted by Gasteiger charge is -2.26. The van der Waals surface area contributed by atoms with Gasteiger partial charge in [0.1, 0.15) is 10.6 Å². The van der Waals surface area contributed by atoms with Gasteiger partial charge in [0.2, 0.25) is 0 Å². The maximum atomic E-state index is 13.1. The van der Waals surface area contributed by atoms with Gasteiger partial charge in [-0.3, -0.25) is 9.89 Å². The van der Waals surface area contributed by atoms with Crippen LogP contribution in [-0.4, -0.2) is 34.2 Å². The van der Waals surface area contributed by atoms with E-state index in [1.54, 1.807) is 0 Å². The summed E-state index contributed by atoms with van der Waals surface area (Å²) in [6.07, 6.45) is 2.62. The molecule has 0 saturated heterocycles. The normalized spacial score (nSPS) is 13.6. The Hall–Kier alpha value is -2.60. The molecular formula is C19H19N3O2S. The van der Waals surface area contributed by atoms with E-state index in [2.05, 4.69) is 22.3 Å². The molecule has 2 aromatic heterocycles. The highest BCUT2D eigenvalue weighted by Gasteiger charge is 2.27. The zero-order valence-electron chi connectivity index (χ0n) is 14.0. The molecule has 128 valence electrons. The molecule has 0 saturated carbocycles. The smallest absolute Gasteiger partial charge is 0.268 e. The number of benzene rings is 1. The Morgan fingerprint density at radius 2 is 2.20 bits per heavy atom. The van der Waals surface area contributed by atoms with Crippen molar-refractivity contribution >= 4 is 17.2 Å². The first-order valence-electron chi connectivity index (χ1n) is 8.38. The molecule has 3 heterocycles. The predicted molar refractivity (Wildman–Crippen MR) is 98.0 cm³/mol. The second-order valence-corrected chi connectivity index (χ2v) is 7.01. The van der Waals surface area contributed by atoms with E-state index in [4.69, 9.17) is 4.74 Å². The average Bonchev–Trinajstić information content (AvgIpc) is 3.28. The maximum absolute atomic E-state index is 13.1. The van der Waals surface area contributed by atoms with E-state index >= 15 is 0 Å². The number of thiophene rings is 1. The number of fused-ring (bicyclic) bond motifs is 1. The third-order valence-corrected chi connectivity index (χ3v) is 5.49. The minimum absolute atomic E-state index is 0.0301. The molecule has 0 spiro atoms. The Morgan fingerprint density at radius 1 is 1.36 bits per heavy atom. The summed E-state index contributed by atoms with van der Waals surface area (Å²) in [5, 5.41) is 7.08. The molecule has 0 aliphatic carbocycles. The molecule has 0 bridgehead atoms. The Kier molecular flexibility index (Phi) is 4.28. The molecule has 0 radical (unpaired) electrons. The highest BCUT2D eigenvalue weighted by Crippen LogP contribution is 2.37. The first-order valence-corrected chi connectivity index (χ1v) is 9.20. The van der Waals surface area contributed by atoms with E-state index in [-0.39, 0.29) is 5.91 Å². The summed E-state index contributed by atoms with van der Waals surface area (Å²) in [4.78, 5) is 16.7. The van der Waals surface area contributed by atoms with E-state index in [0.717, 1.165) is 28.1 Å². The summed E-state index contributed by atoms with van der Waals surface area (Å²) in [7, 11) is 0. The first-order chi connectivity index (χ1) is 12.3. The van der Waals surface area contributed by atoms with Gasteiger partial charge in [0.25, 0.3) is 5.91 Å². The molecule has 0 atom stereocenters. The second-order valence-electron chi connectivity index (χ2n) is 5.95. The molecular weight excluding hydrogens is 334 g/mol. The van der Waals surface area contributed by atoms with E-state index in [9.17, 15) is 4.79 Å². The Labute approximate surface area is 150 Å². The van der Waals surface area contributed by atoms with Crippen molar-refractivity contribution in [3.63, 3.8) is 0 Å².